The molecule has 10 nitrogen and oxygen atoms in total. The number of nitrogens with zero attached hydrogens (tertiary/aromatic N) is 5. The van der Waals surface area contributed by atoms with Crippen molar-refractivity contribution in [2.24, 2.45) is 0 Å². The van der Waals surface area contributed by atoms with Gasteiger partial charge in [0, 0.05) is 37.1 Å². The first kappa shape index (κ1) is 30.7. The summed E-state index contributed by atoms with van der Waals surface area (Å²) in [5.41, 5.74) is 4.75. The van der Waals surface area contributed by atoms with Crippen LogP contribution in [0.1, 0.15) is 79.7 Å². The zero-order chi connectivity index (χ0) is 32.0. The van der Waals surface area contributed by atoms with Crippen LogP contribution in [0.25, 0.3) is 16.9 Å². The van der Waals surface area contributed by atoms with Crippen LogP contribution < -0.4 is 5.32 Å². The number of ether oxygens (including phenoxy) is 2. The van der Waals surface area contributed by atoms with Crippen LogP contribution in [-0.2, 0) is 16.0 Å². The summed E-state index contributed by atoms with van der Waals surface area (Å²) >= 11 is 0. The van der Waals surface area contributed by atoms with Gasteiger partial charge in [-0.05, 0) is 89.9 Å². The molecule has 2 aliphatic rings. The van der Waals surface area contributed by atoms with E-state index in [1.54, 1.807) is 37.6 Å². The number of rotatable bonds is 6. The van der Waals surface area contributed by atoms with Crippen LogP contribution in [0.3, 0.4) is 0 Å². The summed E-state index contributed by atoms with van der Waals surface area (Å²) in [6.07, 6.45) is 4.42. The molecule has 4 aromatic rings. The van der Waals surface area contributed by atoms with Gasteiger partial charge in [-0.3, -0.25) is 9.20 Å². The predicted octanol–water partition coefficient (Wildman–Crippen LogP) is 6.69. The average molecular weight is 615 g/mol. The predicted molar refractivity (Wildman–Crippen MR) is 169 cm³/mol. The van der Waals surface area contributed by atoms with Crippen molar-refractivity contribution in [3.63, 3.8) is 0 Å². The molecule has 1 fully saturated rings. The van der Waals surface area contributed by atoms with Crippen molar-refractivity contribution in [3.8, 4) is 11.3 Å². The van der Waals surface area contributed by atoms with Crippen LogP contribution in [0.15, 0.2) is 48.8 Å². The molecule has 0 bridgehead atoms. The molecule has 2 amide bonds. The molecule has 5 heterocycles. The smallest absolute Gasteiger partial charge is 0.417 e. The first-order valence-corrected chi connectivity index (χ1v) is 15.3. The minimum Gasteiger partial charge on any atom is -0.443 e. The van der Waals surface area contributed by atoms with Crippen molar-refractivity contribution in [2.45, 2.75) is 64.6 Å². The molecule has 11 heteroatoms. The number of benzene rings is 1. The quantitative estimate of drug-likeness (QED) is 0.257. The van der Waals surface area contributed by atoms with Gasteiger partial charge in [0.2, 0.25) is 0 Å². The number of imide groups is 1. The van der Waals surface area contributed by atoms with E-state index in [2.05, 4.69) is 28.2 Å². The maximum Gasteiger partial charge on any atom is 0.417 e. The highest BCUT2D eigenvalue weighted by atomic mass is 19.1. The number of carbonyl (C=O) groups is 2. The summed E-state index contributed by atoms with van der Waals surface area (Å²) < 4.78 is 26.9. The van der Waals surface area contributed by atoms with E-state index in [4.69, 9.17) is 14.5 Å². The standard InChI is InChI=1S/C34H39FN6O4/c1-20(39(5)6)31-23(21-12-15-44-16-13-21)8-10-28(38-31)37-26-9-7-24(27-18-36-29-17-22(35)11-14-40(27)29)25-19-41(32(42)30(25)26)33(43)45-34(2,3)4/h7-11,14,17-18,20-21H,12-13,15-16,19H2,1-6H3,(H,37,38)/t20-/m0/s1. The number of amides is 2. The Balaban J connectivity index is 1.43. The van der Waals surface area contributed by atoms with Gasteiger partial charge in [-0.25, -0.2) is 24.1 Å². The van der Waals surface area contributed by atoms with Crippen LogP contribution in [0.4, 0.5) is 20.7 Å². The van der Waals surface area contributed by atoms with Gasteiger partial charge in [0.1, 0.15) is 22.9 Å². The molecule has 1 aromatic carbocycles. The first-order valence-electron chi connectivity index (χ1n) is 15.3. The van der Waals surface area contributed by atoms with Crippen LogP contribution in [0, 0.1) is 5.82 Å². The third-order valence-corrected chi connectivity index (χ3v) is 8.50. The van der Waals surface area contributed by atoms with Gasteiger partial charge in [0.05, 0.1) is 35.4 Å². The fraction of sp³-hybridized carbons (Fsp3) is 0.412. The number of imidazole rings is 1. The molecule has 3 aromatic heterocycles. The van der Waals surface area contributed by atoms with Gasteiger partial charge in [0.25, 0.3) is 5.91 Å². The highest BCUT2D eigenvalue weighted by molar-refractivity contribution is 6.11. The summed E-state index contributed by atoms with van der Waals surface area (Å²) in [6, 6.07) is 10.5. The van der Waals surface area contributed by atoms with Crippen LogP contribution in [-0.4, -0.2) is 69.1 Å². The number of anilines is 2. The summed E-state index contributed by atoms with van der Waals surface area (Å²) in [5, 5.41) is 3.40. The molecule has 0 aliphatic carbocycles. The summed E-state index contributed by atoms with van der Waals surface area (Å²) in [6.45, 7) is 8.89. The average Bonchev–Trinajstić information content (AvgIpc) is 3.57. The molecule has 0 saturated carbocycles. The van der Waals surface area contributed by atoms with E-state index in [1.807, 2.05) is 32.3 Å². The SMILES string of the molecule is C[C@@H](c1nc(Nc2ccc(-c3cnc4cc(F)ccn34)c3c2C(=O)N(C(=O)OC(C)(C)C)C3)ccc1C1CCOCC1)N(C)C. The highest BCUT2D eigenvalue weighted by Gasteiger charge is 2.39. The topological polar surface area (TPSA) is 101 Å². The van der Waals surface area contributed by atoms with E-state index < -0.39 is 23.4 Å². The maximum atomic E-state index is 14.0. The van der Waals surface area contributed by atoms with Crippen molar-refractivity contribution in [1.82, 2.24) is 24.2 Å². The third-order valence-electron chi connectivity index (χ3n) is 8.50. The molecular formula is C34H39FN6O4. The number of aromatic nitrogens is 3. The van der Waals surface area contributed by atoms with Gasteiger partial charge in [-0.2, -0.15) is 0 Å². The fourth-order valence-corrected chi connectivity index (χ4v) is 6.01. The van der Waals surface area contributed by atoms with E-state index in [0.717, 1.165) is 36.6 Å². The second kappa shape index (κ2) is 11.9. The summed E-state index contributed by atoms with van der Waals surface area (Å²) in [4.78, 5) is 39.9. The van der Waals surface area contributed by atoms with E-state index in [-0.39, 0.29) is 12.6 Å². The van der Waals surface area contributed by atoms with E-state index >= 15 is 0 Å². The molecule has 1 atom stereocenters. The van der Waals surface area contributed by atoms with E-state index in [9.17, 15) is 14.0 Å². The second-order valence-electron chi connectivity index (χ2n) is 12.9. The Kier molecular flexibility index (Phi) is 8.09. The van der Waals surface area contributed by atoms with Gasteiger partial charge < -0.3 is 19.7 Å². The molecule has 6 rings (SSSR count). The maximum absolute atomic E-state index is 14.0. The Morgan fingerprint density at radius 2 is 1.91 bits per heavy atom. The fourth-order valence-electron chi connectivity index (χ4n) is 6.01. The molecule has 0 radical (unpaired) electrons. The summed E-state index contributed by atoms with van der Waals surface area (Å²) in [7, 11) is 4.06. The Labute approximate surface area is 262 Å². The lowest BCUT2D eigenvalue weighted by Crippen LogP contribution is -2.37. The lowest BCUT2D eigenvalue weighted by Gasteiger charge is -2.28. The number of pyridine rings is 2. The minimum atomic E-state index is -0.780. The Morgan fingerprint density at radius 1 is 1.16 bits per heavy atom. The molecule has 2 aliphatic heterocycles. The van der Waals surface area contributed by atoms with Crippen molar-refractivity contribution < 1.29 is 23.5 Å². The van der Waals surface area contributed by atoms with Crippen LogP contribution in [0.2, 0.25) is 0 Å². The minimum absolute atomic E-state index is 0.0153. The van der Waals surface area contributed by atoms with Crippen molar-refractivity contribution >= 4 is 29.2 Å². The van der Waals surface area contributed by atoms with E-state index in [1.165, 1.54) is 17.7 Å². The van der Waals surface area contributed by atoms with Crippen molar-refractivity contribution in [3.05, 3.63) is 77.0 Å². The number of nitrogens with one attached hydrogen (secondary N) is 1. The normalized spacial score (nSPS) is 16.4. The molecule has 236 valence electrons. The highest BCUT2D eigenvalue weighted by Crippen LogP contribution is 2.40. The van der Waals surface area contributed by atoms with Gasteiger partial charge in [-0.15, -0.1) is 0 Å². The third kappa shape index (κ3) is 6.02. The number of halogens is 1. The Hall–Kier alpha value is -4.35. The number of hydrogen-bond acceptors (Lipinski definition) is 8. The van der Waals surface area contributed by atoms with Crippen molar-refractivity contribution in [2.75, 3.05) is 32.6 Å². The van der Waals surface area contributed by atoms with Gasteiger partial charge in [0.15, 0.2) is 0 Å². The lowest BCUT2D eigenvalue weighted by atomic mass is 9.88. The Bertz CT molecular complexity index is 1770. The lowest BCUT2D eigenvalue weighted by molar-refractivity contribution is 0.0248. The van der Waals surface area contributed by atoms with Gasteiger partial charge in [-0.1, -0.05) is 12.1 Å². The van der Waals surface area contributed by atoms with Crippen LogP contribution >= 0.6 is 0 Å². The Morgan fingerprint density at radius 3 is 2.62 bits per heavy atom. The first-order chi connectivity index (χ1) is 21.4. The zero-order valence-electron chi connectivity index (χ0n) is 26.6. The zero-order valence-corrected chi connectivity index (χ0v) is 26.6. The number of fused-ring (bicyclic) bond motifs is 2. The largest absolute Gasteiger partial charge is 0.443 e. The van der Waals surface area contributed by atoms with Crippen molar-refractivity contribution in [1.29, 1.82) is 0 Å². The molecule has 0 unspecified atom stereocenters. The second-order valence-corrected chi connectivity index (χ2v) is 12.9. The number of carbonyl (C=O) groups excluding carboxylic acids is 2. The van der Waals surface area contributed by atoms with E-state index in [0.29, 0.717) is 45.5 Å². The molecule has 45 heavy (non-hydrogen) atoms. The van der Waals surface area contributed by atoms with Crippen LogP contribution in [0.5, 0.6) is 0 Å². The molecule has 1 N–H and O–H groups in total. The molecule has 1 saturated heterocycles. The number of hydrogen-bond donors (Lipinski definition) is 1. The molecule has 0 spiro atoms. The molecular weight excluding hydrogens is 575 g/mol. The monoisotopic (exact) mass is 614 g/mol. The summed E-state index contributed by atoms with van der Waals surface area (Å²) in [5.74, 6) is 0.0978. The van der Waals surface area contributed by atoms with Gasteiger partial charge >= 0.3 is 6.09 Å².